The molecule has 170 valence electrons. The normalized spacial score (nSPS) is 40.9. The van der Waals surface area contributed by atoms with Crippen molar-refractivity contribution in [3.8, 4) is 0 Å². The number of allylic oxidation sites excluding steroid dienone is 1. The van der Waals surface area contributed by atoms with E-state index in [1.54, 1.807) is 7.11 Å². The fraction of sp³-hybridized carbons (Fsp3) is 0.870. The number of rotatable bonds is 6. The first-order valence-corrected chi connectivity index (χ1v) is 11.5. The Hall–Kier alpha value is -1.15. The minimum atomic E-state index is -0.305. The lowest BCUT2D eigenvalue weighted by Gasteiger charge is -2.43. The van der Waals surface area contributed by atoms with E-state index in [4.69, 9.17) is 18.9 Å². The molecular weight excluding hydrogens is 384 g/mol. The summed E-state index contributed by atoms with van der Waals surface area (Å²) in [5, 5.41) is 0. The predicted octanol–water partition coefficient (Wildman–Crippen LogP) is 2.84. The third-order valence-corrected chi connectivity index (χ3v) is 7.57. The Bertz CT molecular complexity index is 667. The van der Waals surface area contributed by atoms with Gasteiger partial charge in [0.15, 0.2) is 0 Å². The smallest absolute Gasteiger partial charge is 0.410 e. The van der Waals surface area contributed by atoms with Gasteiger partial charge in [-0.25, -0.2) is 4.79 Å². The van der Waals surface area contributed by atoms with Crippen LogP contribution in [-0.4, -0.2) is 91.8 Å². The highest BCUT2D eigenvalue weighted by molar-refractivity contribution is 5.68. The van der Waals surface area contributed by atoms with Crippen molar-refractivity contribution in [1.82, 2.24) is 9.80 Å². The molecule has 3 aliphatic heterocycles. The zero-order valence-electron chi connectivity index (χ0n) is 19.2. The molecule has 0 bridgehead atoms. The highest BCUT2D eigenvalue weighted by Gasteiger charge is 2.72. The number of likely N-dealkylation sites (N-methyl/N-ethyl adjacent to an activating group) is 1. The molecule has 7 heteroatoms. The van der Waals surface area contributed by atoms with Crippen LogP contribution in [0.5, 0.6) is 0 Å². The van der Waals surface area contributed by atoms with Crippen LogP contribution in [0, 0.1) is 5.92 Å². The van der Waals surface area contributed by atoms with Gasteiger partial charge in [-0.05, 0) is 46.6 Å². The number of piperazine rings is 1. The third kappa shape index (κ3) is 4.14. The maximum atomic E-state index is 12.9. The number of methoxy groups -OCH3 is 1. The summed E-state index contributed by atoms with van der Waals surface area (Å²) in [4.78, 5) is 17.1. The molecule has 3 heterocycles. The molecule has 4 fully saturated rings. The molecule has 1 spiro atoms. The van der Waals surface area contributed by atoms with Gasteiger partial charge >= 0.3 is 6.09 Å². The van der Waals surface area contributed by atoms with E-state index in [0.717, 1.165) is 58.6 Å². The average molecular weight is 423 g/mol. The highest BCUT2D eigenvalue weighted by atomic mass is 16.6. The number of carbonyl (C=O) groups is 1. The Labute approximate surface area is 180 Å². The Morgan fingerprint density at radius 3 is 2.50 bits per heavy atom. The van der Waals surface area contributed by atoms with Crippen LogP contribution in [0.2, 0.25) is 0 Å². The molecule has 4 rings (SSSR count). The molecule has 0 aromatic heterocycles. The number of ether oxygens (including phenoxy) is 4. The molecule has 30 heavy (non-hydrogen) atoms. The maximum Gasteiger partial charge on any atom is 0.410 e. The molecule has 6 atom stereocenters. The van der Waals surface area contributed by atoms with Gasteiger partial charge in [0, 0.05) is 33.3 Å². The number of carbonyl (C=O) groups excluding carboxylic acids is 1. The molecular formula is C23H38N2O5. The summed E-state index contributed by atoms with van der Waals surface area (Å²) in [7, 11) is 1.72. The van der Waals surface area contributed by atoms with E-state index in [1.807, 2.05) is 4.90 Å². The molecule has 6 unspecified atom stereocenters. The summed E-state index contributed by atoms with van der Waals surface area (Å²) in [6.45, 7) is 13.6. The van der Waals surface area contributed by atoms with E-state index in [-0.39, 0.29) is 41.5 Å². The first-order valence-electron chi connectivity index (χ1n) is 11.5. The van der Waals surface area contributed by atoms with Gasteiger partial charge in [-0.15, -0.1) is 0 Å². The van der Waals surface area contributed by atoms with E-state index < -0.39 is 0 Å². The van der Waals surface area contributed by atoms with Gasteiger partial charge in [0.1, 0.15) is 23.4 Å². The highest BCUT2D eigenvalue weighted by Crippen LogP contribution is 2.59. The number of nitrogens with zero attached hydrogens (tertiary/aromatic N) is 2. The van der Waals surface area contributed by atoms with Crippen LogP contribution in [0.4, 0.5) is 4.79 Å². The summed E-state index contributed by atoms with van der Waals surface area (Å²) >= 11 is 0. The predicted molar refractivity (Wildman–Crippen MR) is 113 cm³/mol. The average Bonchev–Trinajstić information content (AvgIpc) is 3.65. The molecule has 0 N–H and O–H groups in total. The molecule has 0 radical (unpaired) electrons. The quantitative estimate of drug-likeness (QED) is 0.484. The second-order valence-corrected chi connectivity index (χ2v) is 9.72. The van der Waals surface area contributed by atoms with Crippen LogP contribution in [0.25, 0.3) is 0 Å². The van der Waals surface area contributed by atoms with Crippen molar-refractivity contribution in [3.05, 3.63) is 11.6 Å². The molecule has 1 amide bonds. The van der Waals surface area contributed by atoms with Crippen LogP contribution < -0.4 is 0 Å². The zero-order valence-corrected chi connectivity index (χ0v) is 19.2. The molecule has 1 saturated carbocycles. The minimum absolute atomic E-state index is 0.0639. The van der Waals surface area contributed by atoms with Crippen LogP contribution >= 0.6 is 0 Å². The van der Waals surface area contributed by atoms with E-state index in [1.165, 1.54) is 5.57 Å². The monoisotopic (exact) mass is 422 g/mol. The van der Waals surface area contributed by atoms with E-state index in [0.29, 0.717) is 0 Å². The second kappa shape index (κ2) is 8.41. The topological polar surface area (TPSA) is 67.1 Å². The Kier molecular flexibility index (Phi) is 6.19. The Morgan fingerprint density at radius 2 is 1.93 bits per heavy atom. The fourth-order valence-electron chi connectivity index (χ4n) is 5.52. The largest absolute Gasteiger partial charge is 0.443 e. The van der Waals surface area contributed by atoms with E-state index >= 15 is 0 Å². The summed E-state index contributed by atoms with van der Waals surface area (Å²) in [5.74, 6) is 0.0639. The van der Waals surface area contributed by atoms with Crippen LogP contribution in [0.1, 0.15) is 47.0 Å². The van der Waals surface area contributed by atoms with Crippen molar-refractivity contribution < 1.29 is 23.7 Å². The number of amides is 1. The summed E-state index contributed by atoms with van der Waals surface area (Å²) in [6, 6.07) is 0. The van der Waals surface area contributed by atoms with Gasteiger partial charge in [0.25, 0.3) is 0 Å². The lowest BCUT2D eigenvalue weighted by atomic mass is 9.68. The second-order valence-electron chi connectivity index (χ2n) is 9.72. The van der Waals surface area contributed by atoms with Gasteiger partial charge < -0.3 is 28.7 Å². The van der Waals surface area contributed by atoms with E-state index in [9.17, 15) is 4.79 Å². The Morgan fingerprint density at radius 1 is 1.23 bits per heavy atom. The first kappa shape index (κ1) is 22.1. The van der Waals surface area contributed by atoms with Crippen LogP contribution in [-0.2, 0) is 18.9 Å². The summed E-state index contributed by atoms with van der Waals surface area (Å²) in [5.41, 5.74) is 0.804. The lowest BCUT2D eigenvalue weighted by molar-refractivity contribution is -0.122. The summed E-state index contributed by atoms with van der Waals surface area (Å²) < 4.78 is 24.2. The molecule has 4 aliphatic rings. The molecule has 0 aromatic rings. The van der Waals surface area contributed by atoms with Crippen molar-refractivity contribution in [2.45, 2.75) is 76.5 Å². The van der Waals surface area contributed by atoms with Gasteiger partial charge in [-0.1, -0.05) is 18.6 Å². The molecule has 7 nitrogen and oxygen atoms in total. The third-order valence-electron chi connectivity index (χ3n) is 7.57. The van der Waals surface area contributed by atoms with Gasteiger partial charge in [0.05, 0.1) is 18.6 Å². The molecule has 1 aliphatic carbocycles. The lowest BCUT2D eigenvalue weighted by Crippen LogP contribution is -2.57. The molecule has 3 saturated heterocycles. The standard InChI is InChI=1S/C23H38N2O5/c1-6-24-11-13-25(14-12-24)21(26)29-17-9-10-23(15-28-23)20(19(17)27-5)22(4)18(30-22)8-7-16(2)3/h7,17-20H,6,8-15H2,1-5H3. The SMILES string of the molecule is CCN1CCN(C(=O)OC2CCC3(CO3)C(C3(C)OC3CC=C(C)C)C2OC)CC1. The van der Waals surface area contributed by atoms with Crippen molar-refractivity contribution in [2.24, 2.45) is 5.92 Å². The molecule has 0 aromatic carbocycles. The van der Waals surface area contributed by atoms with Gasteiger partial charge in [0.2, 0.25) is 0 Å². The van der Waals surface area contributed by atoms with Crippen molar-refractivity contribution in [2.75, 3.05) is 46.4 Å². The van der Waals surface area contributed by atoms with Gasteiger partial charge in [-0.3, -0.25) is 0 Å². The van der Waals surface area contributed by atoms with Crippen LogP contribution in [0.15, 0.2) is 11.6 Å². The van der Waals surface area contributed by atoms with E-state index in [2.05, 4.69) is 38.7 Å². The number of hydrogen-bond acceptors (Lipinski definition) is 6. The number of hydrogen-bond donors (Lipinski definition) is 0. The maximum absolute atomic E-state index is 12.9. The fourth-order valence-corrected chi connectivity index (χ4v) is 5.52. The summed E-state index contributed by atoms with van der Waals surface area (Å²) in [6.07, 6.45) is 4.24. The first-order chi connectivity index (χ1) is 14.3. The van der Waals surface area contributed by atoms with Crippen molar-refractivity contribution in [3.63, 3.8) is 0 Å². The van der Waals surface area contributed by atoms with Crippen molar-refractivity contribution in [1.29, 1.82) is 0 Å². The minimum Gasteiger partial charge on any atom is -0.443 e. The van der Waals surface area contributed by atoms with Crippen molar-refractivity contribution >= 4 is 6.09 Å². The number of epoxide rings is 2. The Balaban J connectivity index is 1.43. The van der Waals surface area contributed by atoms with Crippen LogP contribution in [0.3, 0.4) is 0 Å². The zero-order chi connectivity index (χ0) is 21.5. The van der Waals surface area contributed by atoms with Gasteiger partial charge in [-0.2, -0.15) is 0 Å².